The zero-order valence-electron chi connectivity index (χ0n) is 18.5. The topological polar surface area (TPSA) is 80.0 Å². The van der Waals surface area contributed by atoms with E-state index in [1.165, 1.54) is 0 Å². The first-order valence-electron chi connectivity index (χ1n) is 10.9. The number of amides is 1. The highest BCUT2D eigenvalue weighted by Crippen LogP contribution is 2.40. The second kappa shape index (κ2) is 8.91. The van der Waals surface area contributed by atoms with E-state index in [-0.39, 0.29) is 17.4 Å². The molecule has 0 fully saturated rings. The number of furan rings is 1. The number of aliphatic hydroxyl groups is 1. The summed E-state index contributed by atoms with van der Waals surface area (Å²) in [5.74, 6) is -0.823. The molecule has 1 N–H and O–H groups in total. The van der Waals surface area contributed by atoms with Crippen molar-refractivity contribution in [2.45, 2.75) is 45.8 Å². The summed E-state index contributed by atoms with van der Waals surface area (Å²) in [7, 11) is 0. The summed E-state index contributed by atoms with van der Waals surface area (Å²) in [6.45, 7) is 6.32. The summed E-state index contributed by atoms with van der Waals surface area (Å²) in [5, 5.41) is 11.6. The van der Waals surface area contributed by atoms with Crippen LogP contribution in [0.3, 0.4) is 0 Å². The van der Waals surface area contributed by atoms with Gasteiger partial charge in [0.05, 0.1) is 17.7 Å². The molecule has 6 heteroatoms. The van der Waals surface area contributed by atoms with Crippen LogP contribution in [0.25, 0.3) is 11.0 Å². The van der Waals surface area contributed by atoms with Crippen LogP contribution in [0, 0.1) is 0 Å². The Labute approximate surface area is 187 Å². The van der Waals surface area contributed by atoms with Gasteiger partial charge < -0.3 is 19.2 Å². The third-order valence-corrected chi connectivity index (χ3v) is 5.50. The van der Waals surface area contributed by atoms with Crippen molar-refractivity contribution in [1.29, 1.82) is 0 Å². The third kappa shape index (κ3) is 4.00. The molecule has 166 valence electrons. The van der Waals surface area contributed by atoms with Crippen molar-refractivity contribution in [3.63, 3.8) is 0 Å². The molecule has 2 aromatic carbocycles. The van der Waals surface area contributed by atoms with Gasteiger partial charge in [0.25, 0.3) is 5.91 Å². The van der Waals surface area contributed by atoms with E-state index < -0.39 is 23.5 Å². The van der Waals surface area contributed by atoms with Crippen LogP contribution in [-0.2, 0) is 4.79 Å². The molecule has 0 aliphatic carbocycles. The monoisotopic (exact) mass is 433 g/mol. The fourth-order valence-electron chi connectivity index (χ4n) is 4.05. The van der Waals surface area contributed by atoms with Crippen molar-refractivity contribution in [3.05, 3.63) is 77.3 Å². The number of Topliss-reactive ketones (excluding diaryl/α,β-unsaturated/α-hetero) is 1. The molecule has 1 aliphatic heterocycles. The third-order valence-electron chi connectivity index (χ3n) is 5.50. The van der Waals surface area contributed by atoms with E-state index in [2.05, 4.69) is 0 Å². The van der Waals surface area contributed by atoms with Gasteiger partial charge in [0, 0.05) is 11.9 Å². The Balaban J connectivity index is 1.79. The molecule has 0 saturated heterocycles. The molecule has 6 nitrogen and oxygen atoms in total. The number of ketones is 1. The van der Waals surface area contributed by atoms with E-state index in [0.717, 1.165) is 18.2 Å². The Bertz CT molecular complexity index is 1160. The summed E-state index contributed by atoms with van der Waals surface area (Å²) < 4.78 is 11.6. The highest BCUT2D eigenvalue weighted by molar-refractivity contribution is 6.16. The number of hydrogen-bond donors (Lipinski definition) is 1. The number of para-hydroxylation sites is 1. The number of carbonyl (C=O) groups excluding carboxylic acids is 2. The first-order valence-corrected chi connectivity index (χ1v) is 10.9. The van der Waals surface area contributed by atoms with Crippen LogP contribution >= 0.6 is 0 Å². The number of aliphatic hydroxyl groups excluding tert-OH is 1. The van der Waals surface area contributed by atoms with Gasteiger partial charge in [0.2, 0.25) is 5.78 Å². The molecule has 1 aliphatic rings. The van der Waals surface area contributed by atoms with Gasteiger partial charge in [-0.3, -0.25) is 9.59 Å². The zero-order chi connectivity index (χ0) is 22.8. The van der Waals surface area contributed by atoms with Crippen LogP contribution in [0.2, 0.25) is 0 Å². The Morgan fingerprint density at radius 1 is 1.16 bits per heavy atom. The average molecular weight is 434 g/mol. The van der Waals surface area contributed by atoms with Crippen LogP contribution in [0.15, 0.2) is 70.3 Å². The Morgan fingerprint density at radius 3 is 2.66 bits per heavy atom. The van der Waals surface area contributed by atoms with E-state index in [1.807, 2.05) is 63.2 Å². The van der Waals surface area contributed by atoms with E-state index >= 15 is 0 Å². The Kier molecular flexibility index (Phi) is 6.04. The number of carbonyl (C=O) groups is 2. The van der Waals surface area contributed by atoms with Crippen molar-refractivity contribution in [1.82, 2.24) is 4.90 Å². The van der Waals surface area contributed by atoms with Gasteiger partial charge in [-0.15, -0.1) is 0 Å². The van der Waals surface area contributed by atoms with Gasteiger partial charge in [-0.25, -0.2) is 0 Å². The molecular formula is C26H27NO5. The number of unbranched alkanes of at least 4 members (excludes halogenated alkanes) is 1. The fourth-order valence-corrected chi connectivity index (χ4v) is 4.05. The lowest BCUT2D eigenvalue weighted by atomic mass is 9.94. The normalized spacial score (nSPS) is 16.4. The molecule has 2 heterocycles. The van der Waals surface area contributed by atoms with Crippen LogP contribution in [0.5, 0.6) is 5.75 Å². The number of benzene rings is 2. The lowest BCUT2D eigenvalue weighted by molar-refractivity contribution is -0.129. The lowest BCUT2D eigenvalue weighted by Crippen LogP contribution is -2.32. The molecule has 0 radical (unpaired) electrons. The Morgan fingerprint density at radius 2 is 1.94 bits per heavy atom. The first kappa shape index (κ1) is 21.7. The first-order chi connectivity index (χ1) is 15.4. The van der Waals surface area contributed by atoms with Crippen molar-refractivity contribution >= 4 is 22.7 Å². The molecule has 3 aromatic rings. The van der Waals surface area contributed by atoms with E-state index in [0.29, 0.717) is 23.4 Å². The van der Waals surface area contributed by atoms with Crippen LogP contribution in [0.1, 0.15) is 55.8 Å². The van der Waals surface area contributed by atoms with Crippen molar-refractivity contribution in [2.24, 2.45) is 0 Å². The number of fused-ring (bicyclic) bond motifs is 1. The quantitative estimate of drug-likeness (QED) is 0.468. The maximum Gasteiger partial charge on any atom is 0.290 e. The molecule has 4 rings (SSSR count). The lowest BCUT2D eigenvalue weighted by Gasteiger charge is -2.27. The maximum atomic E-state index is 13.5. The number of ether oxygens (including phenoxy) is 1. The summed E-state index contributed by atoms with van der Waals surface area (Å²) in [5.41, 5.74) is 1.31. The molecule has 1 aromatic heterocycles. The minimum atomic E-state index is -0.717. The summed E-state index contributed by atoms with van der Waals surface area (Å²) in [6.07, 6.45) is 1.61. The van der Waals surface area contributed by atoms with Crippen molar-refractivity contribution in [3.8, 4) is 5.75 Å². The summed E-state index contributed by atoms with van der Waals surface area (Å²) >= 11 is 0. The van der Waals surface area contributed by atoms with Crippen LogP contribution in [-0.4, -0.2) is 34.3 Å². The molecule has 0 bridgehead atoms. The number of rotatable bonds is 8. The molecule has 1 atom stereocenters. The number of hydrogen-bond acceptors (Lipinski definition) is 5. The van der Waals surface area contributed by atoms with E-state index in [4.69, 9.17) is 9.15 Å². The van der Waals surface area contributed by atoms with Gasteiger partial charge >= 0.3 is 0 Å². The largest absolute Gasteiger partial charge is 0.503 e. The highest BCUT2D eigenvalue weighted by atomic mass is 16.5. The van der Waals surface area contributed by atoms with Gasteiger partial charge in [-0.2, -0.15) is 0 Å². The molecule has 0 spiro atoms. The van der Waals surface area contributed by atoms with Crippen LogP contribution in [0.4, 0.5) is 0 Å². The minimum absolute atomic E-state index is 0.0211. The predicted octanol–water partition coefficient (Wildman–Crippen LogP) is 5.60. The smallest absolute Gasteiger partial charge is 0.290 e. The molecule has 1 amide bonds. The Hall–Kier alpha value is -3.54. The van der Waals surface area contributed by atoms with Gasteiger partial charge in [-0.1, -0.05) is 43.7 Å². The summed E-state index contributed by atoms with van der Waals surface area (Å²) in [4.78, 5) is 28.1. The predicted molar refractivity (Wildman–Crippen MR) is 122 cm³/mol. The fraction of sp³-hybridized carbons (Fsp3) is 0.308. The molecule has 32 heavy (non-hydrogen) atoms. The zero-order valence-corrected chi connectivity index (χ0v) is 18.5. The maximum absolute atomic E-state index is 13.5. The van der Waals surface area contributed by atoms with Gasteiger partial charge in [0.1, 0.15) is 11.3 Å². The second-order valence-corrected chi connectivity index (χ2v) is 8.23. The average Bonchev–Trinajstić information content (AvgIpc) is 3.31. The van der Waals surface area contributed by atoms with Crippen molar-refractivity contribution in [2.75, 3.05) is 6.54 Å². The van der Waals surface area contributed by atoms with E-state index in [1.54, 1.807) is 17.0 Å². The van der Waals surface area contributed by atoms with E-state index in [9.17, 15) is 14.7 Å². The summed E-state index contributed by atoms with van der Waals surface area (Å²) in [6, 6.07) is 15.6. The van der Waals surface area contributed by atoms with Gasteiger partial charge in [-0.05, 0) is 50.1 Å². The highest BCUT2D eigenvalue weighted by Gasteiger charge is 2.44. The molecule has 1 unspecified atom stereocenters. The van der Waals surface area contributed by atoms with Crippen molar-refractivity contribution < 1.29 is 23.8 Å². The minimum Gasteiger partial charge on any atom is -0.503 e. The number of nitrogens with zero attached hydrogens (tertiary/aromatic N) is 1. The molecular weight excluding hydrogens is 406 g/mol. The second-order valence-electron chi connectivity index (χ2n) is 8.23. The SMILES string of the molecule is CCCCN1C(=O)C(O)=C(C(=O)c2cc3ccccc3o2)C1c1cccc(OC(C)C)c1. The molecule has 0 saturated carbocycles. The van der Waals surface area contributed by atoms with Gasteiger partial charge in [0.15, 0.2) is 11.5 Å². The standard InChI is InChI=1S/C26H27NO5/c1-4-5-13-27-23(18-10-8-11-19(14-18)31-16(2)3)22(25(29)26(27)30)24(28)21-15-17-9-6-7-12-20(17)32-21/h6-12,14-16,23,29H,4-5,13H2,1-3H3. The van der Waals surface area contributed by atoms with Crippen LogP contribution < -0.4 is 4.74 Å².